The number of carbonyl (C=O) groups is 1. The number of amides is 1. The van der Waals surface area contributed by atoms with Crippen molar-refractivity contribution in [2.24, 2.45) is 0 Å². The molecule has 1 aromatic heterocycles. The Kier molecular flexibility index (Phi) is 4.34. The van der Waals surface area contributed by atoms with Crippen LogP contribution >= 0.6 is 0 Å². The second kappa shape index (κ2) is 6.58. The predicted molar refractivity (Wildman–Crippen MR) is 82.9 cm³/mol. The molecule has 0 aliphatic carbocycles. The Morgan fingerprint density at radius 2 is 2.14 bits per heavy atom. The van der Waals surface area contributed by atoms with Crippen molar-refractivity contribution in [3.63, 3.8) is 0 Å². The minimum atomic E-state index is -0.0740. The fourth-order valence-corrected chi connectivity index (χ4v) is 2.47. The van der Waals surface area contributed by atoms with Gasteiger partial charge in [-0.3, -0.25) is 9.78 Å². The number of nitrogens with zero attached hydrogens (tertiary/aromatic N) is 1. The molecule has 0 radical (unpaired) electrons. The van der Waals surface area contributed by atoms with Gasteiger partial charge in [-0.05, 0) is 30.7 Å². The molecule has 1 aliphatic rings. The fourth-order valence-electron chi connectivity index (χ4n) is 2.47. The van der Waals surface area contributed by atoms with E-state index in [1.165, 1.54) is 0 Å². The third-order valence-corrected chi connectivity index (χ3v) is 3.68. The Bertz CT molecular complexity index is 649. The summed E-state index contributed by atoms with van der Waals surface area (Å²) in [6, 6.07) is 11.2. The van der Waals surface area contributed by atoms with E-state index in [9.17, 15) is 4.79 Å². The molecule has 0 saturated carbocycles. The predicted octanol–water partition coefficient (Wildman–Crippen LogP) is 2.28. The van der Waals surface area contributed by atoms with Crippen LogP contribution in [0.25, 0.3) is 11.3 Å². The number of methoxy groups -OCH3 is 1. The van der Waals surface area contributed by atoms with Crippen molar-refractivity contribution in [1.29, 1.82) is 0 Å². The number of aromatic nitrogens is 1. The van der Waals surface area contributed by atoms with Crippen molar-refractivity contribution in [2.45, 2.75) is 12.5 Å². The molecule has 22 heavy (non-hydrogen) atoms. The number of rotatable bonds is 4. The van der Waals surface area contributed by atoms with Gasteiger partial charge in [0.15, 0.2) is 0 Å². The van der Waals surface area contributed by atoms with Crippen LogP contribution in [0, 0.1) is 0 Å². The Labute approximate surface area is 129 Å². The summed E-state index contributed by atoms with van der Waals surface area (Å²) in [7, 11) is 1.62. The maximum Gasteiger partial charge on any atom is 0.251 e. The first-order chi connectivity index (χ1) is 10.8. The van der Waals surface area contributed by atoms with E-state index in [0.717, 1.165) is 17.7 Å². The summed E-state index contributed by atoms with van der Waals surface area (Å²) in [6.07, 6.45) is 2.59. The van der Waals surface area contributed by atoms with E-state index >= 15 is 0 Å². The highest BCUT2D eigenvalue weighted by Crippen LogP contribution is 2.27. The maximum atomic E-state index is 12.2. The van der Waals surface area contributed by atoms with Crippen LogP contribution in [0.5, 0.6) is 5.75 Å². The summed E-state index contributed by atoms with van der Waals surface area (Å²) in [5.41, 5.74) is 2.31. The Morgan fingerprint density at radius 1 is 1.32 bits per heavy atom. The average Bonchev–Trinajstić information content (AvgIpc) is 3.08. The highest BCUT2D eigenvalue weighted by molar-refractivity contribution is 5.94. The van der Waals surface area contributed by atoms with Gasteiger partial charge in [-0.15, -0.1) is 0 Å². The van der Waals surface area contributed by atoms with Crippen LogP contribution in [-0.4, -0.2) is 37.3 Å². The van der Waals surface area contributed by atoms with Crippen LogP contribution < -0.4 is 10.1 Å². The monoisotopic (exact) mass is 298 g/mol. The smallest absolute Gasteiger partial charge is 0.251 e. The highest BCUT2D eigenvalue weighted by Gasteiger charge is 2.18. The van der Waals surface area contributed by atoms with Gasteiger partial charge in [0.1, 0.15) is 11.4 Å². The molecule has 1 saturated heterocycles. The third-order valence-electron chi connectivity index (χ3n) is 3.68. The minimum absolute atomic E-state index is 0.0740. The van der Waals surface area contributed by atoms with Crippen LogP contribution in [0.2, 0.25) is 0 Å². The van der Waals surface area contributed by atoms with Crippen LogP contribution in [0.4, 0.5) is 0 Å². The Balaban J connectivity index is 1.76. The van der Waals surface area contributed by atoms with Gasteiger partial charge in [-0.1, -0.05) is 12.1 Å². The van der Waals surface area contributed by atoms with Crippen molar-refractivity contribution in [2.75, 3.05) is 20.3 Å². The van der Waals surface area contributed by atoms with Crippen molar-refractivity contribution in [3.05, 3.63) is 48.2 Å². The quantitative estimate of drug-likeness (QED) is 0.940. The molecule has 0 unspecified atom stereocenters. The molecule has 114 valence electrons. The zero-order chi connectivity index (χ0) is 15.4. The van der Waals surface area contributed by atoms with Crippen LogP contribution in [0.1, 0.15) is 16.8 Å². The Morgan fingerprint density at radius 3 is 2.82 bits per heavy atom. The molecule has 0 spiro atoms. The number of ether oxygens (including phenoxy) is 2. The molecule has 1 aromatic carbocycles. The topological polar surface area (TPSA) is 60.5 Å². The summed E-state index contributed by atoms with van der Waals surface area (Å²) in [5, 5.41) is 2.97. The van der Waals surface area contributed by atoms with Crippen molar-refractivity contribution in [1.82, 2.24) is 10.3 Å². The van der Waals surface area contributed by atoms with Gasteiger partial charge in [0, 0.05) is 23.9 Å². The molecule has 0 bridgehead atoms. The maximum absolute atomic E-state index is 12.2. The van der Waals surface area contributed by atoms with Crippen molar-refractivity contribution in [3.8, 4) is 17.0 Å². The molecule has 1 amide bonds. The second-order valence-electron chi connectivity index (χ2n) is 5.17. The lowest BCUT2D eigenvalue weighted by molar-refractivity contribution is 0.0930. The second-order valence-corrected chi connectivity index (χ2v) is 5.17. The molecular formula is C17H18N2O3. The molecule has 5 nitrogen and oxygen atoms in total. The van der Waals surface area contributed by atoms with E-state index in [-0.39, 0.29) is 11.9 Å². The normalized spacial score (nSPS) is 17.2. The molecule has 3 rings (SSSR count). The number of pyridine rings is 1. The van der Waals surface area contributed by atoms with E-state index in [1.807, 2.05) is 24.3 Å². The molecule has 1 atom stereocenters. The first kappa shape index (κ1) is 14.5. The SMILES string of the molecule is COc1cccnc1-c1ccc(C(=O)N[C@H]2CCOC2)cc1. The van der Waals surface area contributed by atoms with Gasteiger partial charge < -0.3 is 14.8 Å². The summed E-state index contributed by atoms with van der Waals surface area (Å²) in [4.78, 5) is 16.5. The highest BCUT2D eigenvalue weighted by atomic mass is 16.5. The van der Waals surface area contributed by atoms with E-state index in [0.29, 0.717) is 24.5 Å². The lowest BCUT2D eigenvalue weighted by Gasteiger charge is -2.11. The van der Waals surface area contributed by atoms with Crippen molar-refractivity contribution < 1.29 is 14.3 Å². The van der Waals surface area contributed by atoms with Gasteiger partial charge in [0.05, 0.1) is 19.8 Å². The van der Waals surface area contributed by atoms with Crippen LogP contribution in [-0.2, 0) is 4.74 Å². The lowest BCUT2D eigenvalue weighted by atomic mass is 10.1. The number of nitrogens with one attached hydrogen (secondary N) is 1. The summed E-state index contributed by atoms with van der Waals surface area (Å²) in [6.45, 7) is 1.30. The molecule has 2 aromatic rings. The van der Waals surface area contributed by atoms with Gasteiger partial charge >= 0.3 is 0 Å². The minimum Gasteiger partial charge on any atom is -0.494 e. The van der Waals surface area contributed by atoms with E-state index in [4.69, 9.17) is 9.47 Å². The molecule has 5 heteroatoms. The molecule has 1 N–H and O–H groups in total. The number of hydrogen-bond acceptors (Lipinski definition) is 4. The lowest BCUT2D eigenvalue weighted by Crippen LogP contribution is -2.34. The number of benzene rings is 1. The average molecular weight is 298 g/mol. The largest absolute Gasteiger partial charge is 0.494 e. The molecule has 2 heterocycles. The zero-order valence-corrected chi connectivity index (χ0v) is 12.4. The van der Waals surface area contributed by atoms with Gasteiger partial charge in [-0.25, -0.2) is 0 Å². The molecule has 1 fully saturated rings. The van der Waals surface area contributed by atoms with Gasteiger partial charge in [0.25, 0.3) is 5.91 Å². The van der Waals surface area contributed by atoms with Gasteiger partial charge in [-0.2, -0.15) is 0 Å². The first-order valence-corrected chi connectivity index (χ1v) is 7.26. The molecular weight excluding hydrogens is 280 g/mol. The van der Waals surface area contributed by atoms with Crippen LogP contribution in [0.15, 0.2) is 42.6 Å². The molecule has 1 aliphatic heterocycles. The zero-order valence-electron chi connectivity index (χ0n) is 12.4. The van der Waals surface area contributed by atoms with Gasteiger partial charge in [0.2, 0.25) is 0 Å². The van der Waals surface area contributed by atoms with Crippen LogP contribution in [0.3, 0.4) is 0 Å². The standard InChI is InChI=1S/C17H18N2O3/c1-21-15-3-2-9-18-16(15)12-4-6-13(7-5-12)17(20)19-14-8-10-22-11-14/h2-7,9,14H,8,10-11H2,1H3,(H,19,20)/t14-/m0/s1. The van der Waals surface area contributed by atoms with E-state index < -0.39 is 0 Å². The summed E-state index contributed by atoms with van der Waals surface area (Å²) >= 11 is 0. The number of hydrogen-bond donors (Lipinski definition) is 1. The first-order valence-electron chi connectivity index (χ1n) is 7.26. The van der Waals surface area contributed by atoms with Crippen molar-refractivity contribution >= 4 is 5.91 Å². The third kappa shape index (κ3) is 3.09. The Hall–Kier alpha value is -2.40. The van der Waals surface area contributed by atoms with E-state index in [1.54, 1.807) is 25.4 Å². The summed E-state index contributed by atoms with van der Waals surface area (Å²) in [5.74, 6) is 0.637. The fraction of sp³-hybridized carbons (Fsp3) is 0.294. The van der Waals surface area contributed by atoms with E-state index in [2.05, 4.69) is 10.3 Å². The summed E-state index contributed by atoms with van der Waals surface area (Å²) < 4.78 is 10.6. The number of carbonyl (C=O) groups excluding carboxylic acids is 1.